The van der Waals surface area contributed by atoms with Crippen molar-refractivity contribution in [3.8, 4) is 0 Å². The predicted octanol–water partition coefficient (Wildman–Crippen LogP) is 2.30. The Kier molecular flexibility index (Phi) is 6.39. The van der Waals surface area contributed by atoms with Crippen molar-refractivity contribution in [3.63, 3.8) is 0 Å². The molecule has 2 aliphatic heterocycles. The molecule has 2 N–H and O–H groups in total. The summed E-state index contributed by atoms with van der Waals surface area (Å²) >= 11 is 0. The molecule has 0 saturated carbocycles. The first-order chi connectivity index (χ1) is 15.1. The largest absolute Gasteiger partial charge is 0.466 e. The quantitative estimate of drug-likeness (QED) is 0.726. The summed E-state index contributed by atoms with van der Waals surface area (Å²) < 4.78 is 18.4. The fraction of sp³-hybridized carbons (Fsp3) is 0.500. The van der Waals surface area contributed by atoms with E-state index in [0.29, 0.717) is 24.7 Å². The van der Waals surface area contributed by atoms with Gasteiger partial charge in [-0.2, -0.15) is 0 Å². The van der Waals surface area contributed by atoms with Crippen LogP contribution >= 0.6 is 0 Å². The summed E-state index contributed by atoms with van der Waals surface area (Å²) in [5, 5.41) is 0. The first kappa shape index (κ1) is 21.1. The summed E-state index contributed by atoms with van der Waals surface area (Å²) in [4.78, 5) is 27.5. The molecule has 1 aromatic heterocycles. The smallest absolute Gasteiger partial charge is 0.310 e. The van der Waals surface area contributed by atoms with Gasteiger partial charge in [-0.25, -0.2) is 14.4 Å². The number of benzene rings is 1. The van der Waals surface area contributed by atoms with Crippen molar-refractivity contribution in [3.05, 3.63) is 36.4 Å². The zero-order chi connectivity index (χ0) is 21.8. The van der Waals surface area contributed by atoms with Gasteiger partial charge in [0.15, 0.2) is 11.6 Å². The number of hydrogen-bond acceptors (Lipinski definition) is 8. The minimum Gasteiger partial charge on any atom is -0.466 e. The van der Waals surface area contributed by atoms with Gasteiger partial charge in [-0.1, -0.05) is 0 Å². The Balaban J connectivity index is 1.44. The Morgan fingerprint density at radius 2 is 1.71 bits per heavy atom. The van der Waals surface area contributed by atoms with Crippen molar-refractivity contribution in [2.75, 3.05) is 66.3 Å². The van der Waals surface area contributed by atoms with E-state index < -0.39 is 0 Å². The number of nitrogens with two attached hydrogens (primary N) is 1. The van der Waals surface area contributed by atoms with Crippen LogP contribution in [0.15, 0.2) is 30.6 Å². The van der Waals surface area contributed by atoms with Crippen molar-refractivity contribution in [1.82, 2.24) is 9.97 Å². The lowest BCUT2D eigenvalue weighted by Gasteiger charge is -2.38. The molecule has 2 saturated heterocycles. The second-order valence-electron chi connectivity index (χ2n) is 7.92. The maximum atomic E-state index is 13.2. The van der Waals surface area contributed by atoms with Crippen LogP contribution in [0.5, 0.6) is 0 Å². The maximum absolute atomic E-state index is 13.2. The number of piperidine rings is 1. The Bertz CT molecular complexity index is 901. The molecule has 0 radical (unpaired) electrons. The summed E-state index contributed by atoms with van der Waals surface area (Å²) in [5.41, 5.74) is 8.06. The summed E-state index contributed by atoms with van der Waals surface area (Å²) in [6.45, 7) is 6.65. The van der Waals surface area contributed by atoms with E-state index in [1.165, 1.54) is 12.1 Å². The number of carbonyl (C=O) groups is 1. The van der Waals surface area contributed by atoms with E-state index in [1.807, 2.05) is 6.92 Å². The average molecular weight is 429 g/mol. The van der Waals surface area contributed by atoms with Gasteiger partial charge in [0.05, 0.1) is 12.5 Å². The number of hydrogen-bond donors (Lipinski definition) is 1. The van der Waals surface area contributed by atoms with E-state index in [1.54, 1.807) is 18.5 Å². The number of carbonyl (C=O) groups excluding carboxylic acids is 1. The van der Waals surface area contributed by atoms with Gasteiger partial charge in [-0.15, -0.1) is 0 Å². The van der Waals surface area contributed by atoms with E-state index in [0.717, 1.165) is 57.1 Å². The molecule has 0 bridgehead atoms. The van der Waals surface area contributed by atoms with Crippen molar-refractivity contribution in [2.24, 2.45) is 5.92 Å². The number of ether oxygens (including phenoxy) is 1. The highest BCUT2D eigenvalue weighted by Gasteiger charge is 2.30. The molecule has 1 aromatic carbocycles. The number of rotatable bonds is 5. The highest BCUT2D eigenvalue weighted by molar-refractivity contribution is 5.78. The van der Waals surface area contributed by atoms with Gasteiger partial charge in [0.2, 0.25) is 0 Å². The van der Waals surface area contributed by atoms with Crippen molar-refractivity contribution < 1.29 is 13.9 Å². The molecule has 2 aromatic rings. The van der Waals surface area contributed by atoms with Crippen LogP contribution in [0.2, 0.25) is 0 Å². The van der Waals surface area contributed by atoms with Gasteiger partial charge in [0.1, 0.15) is 17.8 Å². The number of nitrogens with zero attached hydrogens (tertiary/aromatic N) is 5. The van der Waals surface area contributed by atoms with E-state index in [-0.39, 0.29) is 17.7 Å². The minimum absolute atomic E-state index is 0.156. The Labute approximate surface area is 181 Å². The van der Waals surface area contributed by atoms with Gasteiger partial charge in [0.25, 0.3) is 0 Å². The predicted molar refractivity (Wildman–Crippen MR) is 119 cm³/mol. The Hall–Kier alpha value is -3.10. The molecule has 0 amide bonds. The van der Waals surface area contributed by atoms with E-state index >= 15 is 0 Å². The molecule has 0 spiro atoms. The number of esters is 1. The maximum Gasteiger partial charge on any atom is 0.310 e. The standard InChI is InChI=1S/C22H29FN6O2/c1-2-31-22(30)16-4-3-9-29(14-16)21-19(24)20(25-15-26-21)28-12-10-27(11-13-28)18-7-5-17(23)6-8-18/h5-8,15-16H,2-4,9-14,24H2,1H3. The van der Waals surface area contributed by atoms with Crippen LogP contribution in [0.1, 0.15) is 19.8 Å². The minimum atomic E-state index is -0.230. The summed E-state index contributed by atoms with van der Waals surface area (Å²) in [7, 11) is 0. The van der Waals surface area contributed by atoms with E-state index in [4.69, 9.17) is 10.5 Å². The molecule has 2 aliphatic rings. The molecule has 2 fully saturated rings. The van der Waals surface area contributed by atoms with Gasteiger partial charge in [-0.05, 0) is 44.0 Å². The lowest BCUT2D eigenvalue weighted by Crippen LogP contribution is -2.47. The molecule has 9 heteroatoms. The average Bonchev–Trinajstić information content (AvgIpc) is 2.80. The number of piperazine rings is 1. The third-order valence-corrected chi connectivity index (χ3v) is 5.95. The van der Waals surface area contributed by atoms with Gasteiger partial charge in [0, 0.05) is 45.0 Å². The first-order valence-corrected chi connectivity index (χ1v) is 10.8. The van der Waals surface area contributed by atoms with Gasteiger partial charge in [-0.3, -0.25) is 4.79 Å². The second kappa shape index (κ2) is 9.36. The van der Waals surface area contributed by atoms with Crippen molar-refractivity contribution >= 4 is 29.0 Å². The first-order valence-electron chi connectivity index (χ1n) is 10.8. The molecule has 31 heavy (non-hydrogen) atoms. The molecular formula is C22H29FN6O2. The van der Waals surface area contributed by atoms with Gasteiger partial charge >= 0.3 is 5.97 Å². The molecule has 1 atom stereocenters. The monoisotopic (exact) mass is 428 g/mol. The van der Waals surface area contributed by atoms with Crippen LogP contribution < -0.4 is 20.4 Å². The number of nitrogen functional groups attached to an aromatic ring is 1. The molecule has 0 aliphatic carbocycles. The third-order valence-electron chi connectivity index (χ3n) is 5.95. The van der Waals surface area contributed by atoms with Crippen LogP contribution in [0, 0.1) is 11.7 Å². The number of anilines is 4. The molecule has 166 valence electrons. The van der Waals surface area contributed by atoms with E-state index in [2.05, 4.69) is 24.7 Å². The fourth-order valence-corrected chi connectivity index (χ4v) is 4.33. The van der Waals surface area contributed by atoms with Gasteiger partial charge < -0.3 is 25.2 Å². The summed E-state index contributed by atoms with van der Waals surface area (Å²) in [6, 6.07) is 6.58. The lowest BCUT2D eigenvalue weighted by molar-refractivity contribution is -0.148. The lowest BCUT2D eigenvalue weighted by atomic mass is 9.98. The molecular weight excluding hydrogens is 399 g/mol. The molecule has 1 unspecified atom stereocenters. The van der Waals surface area contributed by atoms with Crippen LogP contribution in [-0.4, -0.2) is 61.8 Å². The Morgan fingerprint density at radius 3 is 2.39 bits per heavy atom. The number of aromatic nitrogens is 2. The Morgan fingerprint density at radius 1 is 1.06 bits per heavy atom. The normalized spacial score (nSPS) is 19.4. The van der Waals surface area contributed by atoms with Crippen molar-refractivity contribution in [1.29, 1.82) is 0 Å². The fourth-order valence-electron chi connectivity index (χ4n) is 4.33. The molecule has 8 nitrogen and oxygen atoms in total. The summed E-state index contributed by atoms with van der Waals surface area (Å²) in [6.07, 6.45) is 3.25. The van der Waals surface area contributed by atoms with Crippen LogP contribution in [0.3, 0.4) is 0 Å². The third kappa shape index (κ3) is 4.65. The number of halogens is 1. The summed E-state index contributed by atoms with van der Waals surface area (Å²) in [5.74, 6) is 0.858. The van der Waals surface area contributed by atoms with Crippen LogP contribution in [0.25, 0.3) is 0 Å². The topological polar surface area (TPSA) is 87.8 Å². The van der Waals surface area contributed by atoms with E-state index in [9.17, 15) is 9.18 Å². The van der Waals surface area contributed by atoms with Crippen LogP contribution in [-0.2, 0) is 9.53 Å². The second-order valence-corrected chi connectivity index (χ2v) is 7.92. The molecule has 4 rings (SSSR count). The molecule has 3 heterocycles. The highest BCUT2D eigenvalue weighted by Crippen LogP contribution is 2.32. The zero-order valence-corrected chi connectivity index (χ0v) is 17.8. The van der Waals surface area contributed by atoms with Crippen molar-refractivity contribution in [2.45, 2.75) is 19.8 Å². The zero-order valence-electron chi connectivity index (χ0n) is 17.8. The highest BCUT2D eigenvalue weighted by atomic mass is 19.1. The van der Waals surface area contributed by atoms with Crippen LogP contribution in [0.4, 0.5) is 27.4 Å². The SMILES string of the molecule is CCOC(=O)C1CCCN(c2ncnc(N3CCN(c4ccc(F)cc4)CC3)c2N)C1.